The van der Waals surface area contributed by atoms with Crippen molar-refractivity contribution in [3.63, 3.8) is 0 Å². The van der Waals surface area contributed by atoms with E-state index in [1.807, 2.05) is 50.2 Å². The molecule has 0 saturated carbocycles. The highest BCUT2D eigenvalue weighted by atomic mass is 35.5. The number of halogens is 1. The van der Waals surface area contributed by atoms with E-state index in [9.17, 15) is 4.79 Å². The molecule has 0 unspecified atom stereocenters. The third kappa shape index (κ3) is 4.86. The van der Waals surface area contributed by atoms with Gasteiger partial charge in [0, 0.05) is 30.7 Å². The number of ether oxygens (including phenoxy) is 2. The molecule has 2 heterocycles. The highest BCUT2D eigenvalue weighted by Crippen LogP contribution is 2.39. The molecular weight excluding hydrogens is 414 g/mol. The summed E-state index contributed by atoms with van der Waals surface area (Å²) in [6.45, 7) is 6.24. The molecule has 0 spiro atoms. The Morgan fingerprint density at radius 1 is 1.26 bits per heavy atom. The van der Waals surface area contributed by atoms with E-state index in [2.05, 4.69) is 16.8 Å². The van der Waals surface area contributed by atoms with Crippen molar-refractivity contribution in [1.29, 1.82) is 0 Å². The first-order valence-electron chi connectivity index (χ1n) is 10.7. The molecule has 0 aromatic heterocycles. The number of carbonyl (C=O) groups excluding carboxylic acids is 1. The molecule has 0 N–H and O–H groups in total. The summed E-state index contributed by atoms with van der Waals surface area (Å²) in [5.41, 5.74) is 1.63. The number of rotatable bonds is 4. The van der Waals surface area contributed by atoms with Gasteiger partial charge in [0.1, 0.15) is 17.3 Å². The first-order valence-corrected chi connectivity index (χ1v) is 11.1. The summed E-state index contributed by atoms with van der Waals surface area (Å²) in [4.78, 5) is 21.9. The van der Waals surface area contributed by atoms with Gasteiger partial charge in [-0.05, 0) is 50.7 Å². The molecule has 2 aliphatic heterocycles. The van der Waals surface area contributed by atoms with Crippen LogP contribution in [0.1, 0.15) is 32.3 Å². The number of hydrogen-bond acceptors (Lipinski definition) is 6. The van der Waals surface area contributed by atoms with Crippen molar-refractivity contribution in [3.05, 3.63) is 53.1 Å². The Bertz CT molecular complexity index is 994. The second-order valence-electron chi connectivity index (χ2n) is 8.14. The number of hydrogen-bond donors (Lipinski definition) is 0. The lowest BCUT2D eigenvalue weighted by Gasteiger charge is -2.40. The largest absolute Gasteiger partial charge is 0.463 e. The number of aliphatic imine (C=N–C) groups is 1. The van der Waals surface area contributed by atoms with Gasteiger partial charge in [-0.3, -0.25) is 9.69 Å². The standard InChI is InChI=1S/C24H28ClN3O3/c1-4-16(2)30-23(29)14-18-15-28(12-11-27(18)3)24-19-7-5-6-8-21(19)31-22-10-9-17(25)13-20(22)26-24/h5-10,13,16,18H,4,11-12,14-15H2,1-3H3/t16-,18-/m0/s1. The summed E-state index contributed by atoms with van der Waals surface area (Å²) < 4.78 is 11.7. The fraction of sp³-hybridized carbons (Fsp3) is 0.417. The first kappa shape index (κ1) is 21.7. The number of fused-ring (bicyclic) bond motifs is 2. The van der Waals surface area contributed by atoms with E-state index >= 15 is 0 Å². The van der Waals surface area contributed by atoms with Crippen molar-refractivity contribution in [3.8, 4) is 11.5 Å². The minimum Gasteiger partial charge on any atom is -0.463 e. The Kier molecular flexibility index (Phi) is 6.49. The molecule has 7 heteroatoms. The van der Waals surface area contributed by atoms with E-state index in [1.54, 1.807) is 6.07 Å². The van der Waals surface area contributed by atoms with Gasteiger partial charge in [0.2, 0.25) is 0 Å². The normalized spacial score (nSPS) is 19.4. The molecule has 2 aliphatic rings. The van der Waals surface area contributed by atoms with Crippen molar-refractivity contribution in [2.75, 3.05) is 26.7 Å². The van der Waals surface area contributed by atoms with E-state index in [1.165, 1.54) is 0 Å². The molecule has 0 radical (unpaired) electrons. The van der Waals surface area contributed by atoms with Gasteiger partial charge in [-0.15, -0.1) is 0 Å². The van der Waals surface area contributed by atoms with E-state index in [-0.39, 0.29) is 18.1 Å². The van der Waals surface area contributed by atoms with Gasteiger partial charge in [0.15, 0.2) is 5.75 Å². The van der Waals surface area contributed by atoms with Gasteiger partial charge in [0.05, 0.1) is 18.1 Å². The zero-order chi connectivity index (χ0) is 22.0. The molecule has 1 fully saturated rings. The van der Waals surface area contributed by atoms with Gasteiger partial charge in [0.25, 0.3) is 0 Å². The third-order valence-electron chi connectivity index (χ3n) is 5.88. The van der Waals surface area contributed by atoms with Crippen LogP contribution < -0.4 is 4.74 Å². The fourth-order valence-corrected chi connectivity index (χ4v) is 4.01. The highest BCUT2D eigenvalue weighted by Gasteiger charge is 2.31. The molecule has 0 aliphatic carbocycles. The number of amidine groups is 1. The lowest BCUT2D eigenvalue weighted by Crippen LogP contribution is -2.54. The van der Waals surface area contributed by atoms with Gasteiger partial charge in [-0.2, -0.15) is 0 Å². The molecule has 164 valence electrons. The van der Waals surface area contributed by atoms with Crippen LogP contribution in [-0.4, -0.2) is 60.4 Å². The molecule has 31 heavy (non-hydrogen) atoms. The number of piperazine rings is 1. The van der Waals surface area contributed by atoms with Crippen LogP contribution in [0.15, 0.2) is 47.5 Å². The van der Waals surface area contributed by atoms with Crippen molar-refractivity contribution in [2.45, 2.75) is 38.8 Å². The number of likely N-dealkylation sites (N-methyl/N-ethyl adjacent to an activating group) is 1. The summed E-state index contributed by atoms with van der Waals surface area (Å²) in [5.74, 6) is 2.12. The van der Waals surface area contributed by atoms with Crippen LogP contribution in [0.4, 0.5) is 5.69 Å². The van der Waals surface area contributed by atoms with Gasteiger partial charge < -0.3 is 14.4 Å². The van der Waals surface area contributed by atoms with Crippen LogP contribution in [0.5, 0.6) is 11.5 Å². The second kappa shape index (κ2) is 9.28. The van der Waals surface area contributed by atoms with E-state index in [0.29, 0.717) is 29.4 Å². The molecule has 0 bridgehead atoms. The quantitative estimate of drug-likeness (QED) is 0.633. The average Bonchev–Trinajstić information content (AvgIpc) is 2.91. The number of nitrogens with zero attached hydrogens (tertiary/aromatic N) is 3. The maximum Gasteiger partial charge on any atom is 0.307 e. The van der Waals surface area contributed by atoms with Crippen molar-refractivity contribution in [2.24, 2.45) is 4.99 Å². The fourth-order valence-electron chi connectivity index (χ4n) is 3.85. The van der Waals surface area contributed by atoms with Crippen molar-refractivity contribution in [1.82, 2.24) is 9.80 Å². The monoisotopic (exact) mass is 441 g/mol. The lowest BCUT2D eigenvalue weighted by atomic mass is 10.1. The van der Waals surface area contributed by atoms with Crippen LogP contribution in [0.25, 0.3) is 0 Å². The van der Waals surface area contributed by atoms with E-state index in [4.69, 9.17) is 26.1 Å². The molecule has 0 amide bonds. The van der Waals surface area contributed by atoms with Crippen LogP contribution >= 0.6 is 11.6 Å². The topological polar surface area (TPSA) is 54.4 Å². The predicted molar refractivity (Wildman–Crippen MR) is 123 cm³/mol. The summed E-state index contributed by atoms with van der Waals surface area (Å²) in [7, 11) is 2.06. The minimum absolute atomic E-state index is 0.0446. The Hall–Kier alpha value is -2.57. The van der Waals surface area contributed by atoms with Crippen LogP contribution in [0.2, 0.25) is 5.02 Å². The summed E-state index contributed by atoms with van der Waals surface area (Å²) in [5, 5.41) is 0.612. The number of carbonyl (C=O) groups is 1. The highest BCUT2D eigenvalue weighted by molar-refractivity contribution is 6.31. The average molecular weight is 442 g/mol. The van der Waals surface area contributed by atoms with Crippen LogP contribution in [0.3, 0.4) is 0 Å². The molecule has 2 atom stereocenters. The van der Waals surface area contributed by atoms with E-state index < -0.39 is 0 Å². The van der Waals surface area contributed by atoms with Crippen molar-refractivity contribution >= 4 is 29.1 Å². The Balaban J connectivity index is 1.63. The number of esters is 1. The number of benzene rings is 2. The SMILES string of the molecule is CC[C@H](C)OC(=O)C[C@H]1CN(C2=Nc3cc(Cl)ccc3Oc3ccccc32)CCN1C. The lowest BCUT2D eigenvalue weighted by molar-refractivity contribution is -0.150. The molecule has 4 rings (SSSR count). The molecule has 1 saturated heterocycles. The zero-order valence-electron chi connectivity index (χ0n) is 18.2. The first-order chi connectivity index (χ1) is 14.9. The van der Waals surface area contributed by atoms with Crippen LogP contribution in [0, 0.1) is 0 Å². The third-order valence-corrected chi connectivity index (χ3v) is 6.12. The Labute approximate surface area is 188 Å². The predicted octanol–water partition coefficient (Wildman–Crippen LogP) is 4.87. The maximum atomic E-state index is 12.4. The second-order valence-corrected chi connectivity index (χ2v) is 8.58. The maximum absolute atomic E-state index is 12.4. The molecule has 2 aromatic carbocycles. The van der Waals surface area contributed by atoms with Crippen molar-refractivity contribution < 1.29 is 14.3 Å². The van der Waals surface area contributed by atoms with Gasteiger partial charge in [-0.1, -0.05) is 30.7 Å². The summed E-state index contributed by atoms with van der Waals surface area (Å²) >= 11 is 6.23. The van der Waals surface area contributed by atoms with Gasteiger partial charge in [-0.25, -0.2) is 4.99 Å². The van der Waals surface area contributed by atoms with Gasteiger partial charge >= 0.3 is 5.97 Å². The Morgan fingerprint density at radius 2 is 2.06 bits per heavy atom. The Morgan fingerprint density at radius 3 is 2.87 bits per heavy atom. The van der Waals surface area contributed by atoms with E-state index in [0.717, 1.165) is 36.7 Å². The smallest absolute Gasteiger partial charge is 0.307 e. The minimum atomic E-state index is -0.156. The molecule has 6 nitrogen and oxygen atoms in total. The summed E-state index contributed by atoms with van der Waals surface area (Å²) in [6.07, 6.45) is 1.10. The van der Waals surface area contributed by atoms with Crippen LogP contribution in [-0.2, 0) is 9.53 Å². The molecular formula is C24H28ClN3O3. The molecule has 2 aromatic rings. The zero-order valence-corrected chi connectivity index (χ0v) is 18.9. The number of para-hydroxylation sites is 1. The summed E-state index contributed by atoms with van der Waals surface area (Å²) in [6, 6.07) is 13.4.